The van der Waals surface area contributed by atoms with Crippen LogP contribution in [0.1, 0.15) is 21.6 Å². The number of nitrogens with zero attached hydrogens (tertiary/aromatic N) is 2. The molecule has 0 atom stereocenters. The first-order chi connectivity index (χ1) is 12.5. The molecule has 0 bridgehead atoms. The summed E-state index contributed by atoms with van der Waals surface area (Å²) < 4.78 is 5.30. The van der Waals surface area contributed by atoms with Crippen LogP contribution in [-0.4, -0.2) is 23.0 Å². The number of hydrogen-bond donors (Lipinski definition) is 2. The molecule has 0 aliphatic rings. The predicted molar refractivity (Wildman–Crippen MR) is 102 cm³/mol. The maximum absolute atomic E-state index is 12.5. The number of methoxy groups -OCH3 is 1. The Bertz CT molecular complexity index is 920. The van der Waals surface area contributed by atoms with Crippen molar-refractivity contribution in [2.75, 3.05) is 17.7 Å². The molecule has 26 heavy (non-hydrogen) atoms. The summed E-state index contributed by atoms with van der Waals surface area (Å²) in [7, 11) is 1.59. The minimum Gasteiger partial charge on any atom is -0.495 e. The van der Waals surface area contributed by atoms with Crippen LogP contribution in [0.15, 0.2) is 54.7 Å². The molecule has 0 unspecified atom stereocenters. The lowest BCUT2D eigenvalue weighted by atomic mass is 10.1. The summed E-state index contributed by atoms with van der Waals surface area (Å²) in [5.74, 6) is 0.698. The summed E-state index contributed by atoms with van der Waals surface area (Å²) in [5.41, 5.74) is 3.91. The zero-order valence-corrected chi connectivity index (χ0v) is 14.9. The highest BCUT2D eigenvalue weighted by Gasteiger charge is 2.11. The second-order valence-electron chi connectivity index (χ2n) is 5.92. The highest BCUT2D eigenvalue weighted by atomic mass is 16.5. The molecule has 1 heterocycles. The number of anilines is 3. The standard InChI is InChI=1S/C20H20N4O2/c1-13-10-14(2)12-15(11-13)22-19(25)17-8-9-21-20(24-17)23-16-6-4-5-7-18(16)26-3/h4-12H,1-3H3,(H,22,25)(H,21,23,24). The normalized spacial score (nSPS) is 10.3. The van der Waals surface area contributed by atoms with Gasteiger partial charge in [0, 0.05) is 11.9 Å². The molecule has 0 saturated carbocycles. The Morgan fingerprint density at radius 1 is 1.04 bits per heavy atom. The van der Waals surface area contributed by atoms with Crippen LogP contribution in [0.4, 0.5) is 17.3 Å². The summed E-state index contributed by atoms with van der Waals surface area (Å²) in [4.78, 5) is 21.0. The van der Waals surface area contributed by atoms with Gasteiger partial charge in [0.1, 0.15) is 11.4 Å². The van der Waals surface area contributed by atoms with Gasteiger partial charge in [-0.2, -0.15) is 0 Å². The molecule has 3 aromatic rings. The maximum atomic E-state index is 12.5. The number of amides is 1. The SMILES string of the molecule is COc1ccccc1Nc1nccc(C(=O)Nc2cc(C)cc(C)c2)n1. The predicted octanol–water partition coefficient (Wildman–Crippen LogP) is 4.10. The van der Waals surface area contributed by atoms with Gasteiger partial charge in [-0.05, 0) is 55.3 Å². The van der Waals surface area contributed by atoms with E-state index in [9.17, 15) is 4.79 Å². The van der Waals surface area contributed by atoms with Crippen LogP contribution in [-0.2, 0) is 0 Å². The first-order valence-corrected chi connectivity index (χ1v) is 8.18. The number of nitrogens with one attached hydrogen (secondary N) is 2. The number of benzene rings is 2. The molecule has 2 N–H and O–H groups in total. The second kappa shape index (κ2) is 7.65. The van der Waals surface area contributed by atoms with Gasteiger partial charge in [-0.1, -0.05) is 18.2 Å². The van der Waals surface area contributed by atoms with Gasteiger partial charge in [0.25, 0.3) is 5.91 Å². The topological polar surface area (TPSA) is 76.1 Å². The lowest BCUT2D eigenvalue weighted by molar-refractivity contribution is 0.102. The molecular weight excluding hydrogens is 328 g/mol. The summed E-state index contributed by atoms with van der Waals surface area (Å²) in [5, 5.41) is 5.95. The van der Waals surface area contributed by atoms with Crippen molar-refractivity contribution in [2.24, 2.45) is 0 Å². The van der Waals surface area contributed by atoms with E-state index in [0.717, 1.165) is 22.5 Å². The Morgan fingerprint density at radius 2 is 1.77 bits per heavy atom. The van der Waals surface area contributed by atoms with Gasteiger partial charge in [0.15, 0.2) is 0 Å². The van der Waals surface area contributed by atoms with Gasteiger partial charge in [-0.15, -0.1) is 0 Å². The van der Waals surface area contributed by atoms with E-state index < -0.39 is 0 Å². The van der Waals surface area contributed by atoms with Crippen LogP contribution in [0.3, 0.4) is 0 Å². The van der Waals surface area contributed by atoms with Crippen LogP contribution in [0.25, 0.3) is 0 Å². The average molecular weight is 348 g/mol. The van der Waals surface area contributed by atoms with Gasteiger partial charge < -0.3 is 15.4 Å². The lowest BCUT2D eigenvalue weighted by Crippen LogP contribution is -2.15. The summed E-state index contributed by atoms with van der Waals surface area (Å²) in [6.07, 6.45) is 1.54. The molecule has 6 heteroatoms. The smallest absolute Gasteiger partial charge is 0.274 e. The Kier molecular flexibility index (Phi) is 5.12. The van der Waals surface area contributed by atoms with E-state index >= 15 is 0 Å². The van der Waals surface area contributed by atoms with Crippen molar-refractivity contribution in [2.45, 2.75) is 13.8 Å². The number of hydrogen-bond acceptors (Lipinski definition) is 5. The molecule has 0 spiro atoms. The van der Waals surface area contributed by atoms with Crippen LogP contribution in [0.5, 0.6) is 5.75 Å². The summed E-state index contributed by atoms with van der Waals surface area (Å²) in [6.45, 7) is 3.98. The van der Waals surface area contributed by atoms with E-state index in [4.69, 9.17) is 4.74 Å². The fourth-order valence-corrected chi connectivity index (χ4v) is 2.66. The molecule has 0 fully saturated rings. The average Bonchev–Trinajstić information content (AvgIpc) is 2.61. The van der Waals surface area contributed by atoms with E-state index in [2.05, 4.69) is 26.7 Å². The number of aryl methyl sites for hydroxylation is 2. The van der Waals surface area contributed by atoms with E-state index in [-0.39, 0.29) is 11.6 Å². The van der Waals surface area contributed by atoms with Crippen LogP contribution >= 0.6 is 0 Å². The Labute approximate surface area is 152 Å². The van der Waals surface area contributed by atoms with E-state index in [1.54, 1.807) is 19.4 Å². The largest absolute Gasteiger partial charge is 0.495 e. The van der Waals surface area contributed by atoms with E-state index in [1.165, 1.54) is 0 Å². The van der Waals surface area contributed by atoms with Crippen molar-refractivity contribution in [3.63, 3.8) is 0 Å². The van der Waals surface area contributed by atoms with Crippen molar-refractivity contribution in [1.29, 1.82) is 0 Å². The van der Waals surface area contributed by atoms with Gasteiger partial charge in [-0.25, -0.2) is 9.97 Å². The quantitative estimate of drug-likeness (QED) is 0.726. The zero-order chi connectivity index (χ0) is 18.5. The number of carbonyl (C=O) groups is 1. The van der Waals surface area contributed by atoms with Crippen LogP contribution in [0, 0.1) is 13.8 Å². The number of aromatic nitrogens is 2. The fraction of sp³-hybridized carbons (Fsp3) is 0.150. The molecule has 3 rings (SSSR count). The van der Waals surface area contributed by atoms with Gasteiger partial charge in [0.05, 0.1) is 12.8 Å². The lowest BCUT2D eigenvalue weighted by Gasteiger charge is -2.11. The van der Waals surface area contributed by atoms with Gasteiger partial charge in [0.2, 0.25) is 5.95 Å². The molecule has 0 aliphatic heterocycles. The Balaban J connectivity index is 1.79. The number of carbonyl (C=O) groups excluding carboxylic acids is 1. The molecule has 132 valence electrons. The summed E-state index contributed by atoms with van der Waals surface area (Å²) in [6, 6.07) is 14.9. The molecule has 0 saturated heterocycles. The fourth-order valence-electron chi connectivity index (χ4n) is 2.66. The first kappa shape index (κ1) is 17.4. The molecule has 1 aromatic heterocycles. The van der Waals surface area contributed by atoms with E-state index in [1.807, 2.05) is 50.2 Å². The van der Waals surface area contributed by atoms with E-state index in [0.29, 0.717) is 11.7 Å². The summed E-state index contributed by atoms with van der Waals surface area (Å²) >= 11 is 0. The van der Waals surface area contributed by atoms with Crippen molar-refractivity contribution < 1.29 is 9.53 Å². The number of rotatable bonds is 5. The minimum absolute atomic E-state index is 0.275. The molecule has 6 nitrogen and oxygen atoms in total. The second-order valence-corrected chi connectivity index (χ2v) is 5.92. The van der Waals surface area contributed by atoms with Gasteiger partial charge >= 0.3 is 0 Å². The zero-order valence-electron chi connectivity index (χ0n) is 14.9. The van der Waals surface area contributed by atoms with Crippen molar-refractivity contribution >= 4 is 23.2 Å². The molecule has 0 radical (unpaired) electrons. The minimum atomic E-state index is -0.291. The third kappa shape index (κ3) is 4.16. The molecule has 0 aliphatic carbocycles. The van der Waals surface area contributed by atoms with Crippen LogP contribution in [0.2, 0.25) is 0 Å². The Morgan fingerprint density at radius 3 is 2.50 bits per heavy atom. The highest BCUT2D eigenvalue weighted by Crippen LogP contribution is 2.25. The third-order valence-electron chi connectivity index (χ3n) is 3.72. The molecule has 2 aromatic carbocycles. The number of ether oxygens (including phenoxy) is 1. The maximum Gasteiger partial charge on any atom is 0.274 e. The van der Waals surface area contributed by atoms with Crippen LogP contribution < -0.4 is 15.4 Å². The molecular formula is C20H20N4O2. The number of para-hydroxylation sites is 2. The monoisotopic (exact) mass is 348 g/mol. The third-order valence-corrected chi connectivity index (χ3v) is 3.72. The van der Waals surface area contributed by atoms with Crippen molar-refractivity contribution in [3.8, 4) is 5.75 Å². The van der Waals surface area contributed by atoms with Gasteiger partial charge in [-0.3, -0.25) is 4.79 Å². The Hall–Kier alpha value is -3.41. The first-order valence-electron chi connectivity index (χ1n) is 8.18. The van der Waals surface area contributed by atoms with Crippen molar-refractivity contribution in [3.05, 3.63) is 71.5 Å². The van der Waals surface area contributed by atoms with Crippen molar-refractivity contribution in [1.82, 2.24) is 9.97 Å². The highest BCUT2D eigenvalue weighted by molar-refractivity contribution is 6.03. The molecule has 1 amide bonds.